The Morgan fingerprint density at radius 3 is 2.69 bits per heavy atom. The molecule has 8 nitrogen and oxygen atoms in total. The molecule has 1 amide bonds. The monoisotopic (exact) mass is 412 g/mol. The first-order chi connectivity index (χ1) is 13.9. The second kappa shape index (κ2) is 9.16. The molecule has 0 saturated carbocycles. The summed E-state index contributed by atoms with van der Waals surface area (Å²) in [6.07, 6.45) is 2.86. The van der Waals surface area contributed by atoms with E-state index >= 15 is 0 Å². The molecule has 0 radical (unpaired) electrons. The molecule has 0 fully saturated rings. The number of pyridine rings is 1. The molecule has 0 aliphatic heterocycles. The Labute approximate surface area is 171 Å². The van der Waals surface area contributed by atoms with Gasteiger partial charge in [-0.25, -0.2) is 9.78 Å². The van der Waals surface area contributed by atoms with Gasteiger partial charge in [-0.2, -0.15) is 0 Å². The smallest absolute Gasteiger partial charge is 0.347 e. The highest BCUT2D eigenvalue weighted by molar-refractivity contribution is 7.17. The number of amides is 1. The van der Waals surface area contributed by atoms with E-state index in [1.807, 2.05) is 38.1 Å². The van der Waals surface area contributed by atoms with E-state index in [9.17, 15) is 9.59 Å². The van der Waals surface area contributed by atoms with Gasteiger partial charge in [0.25, 0.3) is 5.91 Å². The fourth-order valence-electron chi connectivity index (χ4n) is 2.47. The average molecular weight is 412 g/mol. The molecule has 2 heterocycles. The van der Waals surface area contributed by atoms with Crippen LogP contribution < -0.4 is 15.4 Å². The molecule has 1 aromatic carbocycles. The lowest BCUT2D eigenvalue weighted by Gasteiger charge is -2.14. The molecule has 0 bridgehead atoms. The predicted octanol–water partition coefficient (Wildman–Crippen LogP) is 3.89. The summed E-state index contributed by atoms with van der Waals surface area (Å²) in [7, 11) is 0. The summed E-state index contributed by atoms with van der Waals surface area (Å²) in [5.41, 5.74) is 1.92. The summed E-state index contributed by atoms with van der Waals surface area (Å²) in [6.45, 7) is 4.29. The van der Waals surface area contributed by atoms with E-state index < -0.39 is 11.9 Å². The zero-order valence-electron chi connectivity index (χ0n) is 15.9. The van der Waals surface area contributed by atoms with Crippen molar-refractivity contribution in [2.45, 2.75) is 26.5 Å². The SMILES string of the molecule is CC(C)Oc1cc(NCc2ccccn2)cc(C(=O)Nc2ncc(C(=O)O)s2)c1. The second-order valence-electron chi connectivity index (χ2n) is 6.38. The van der Waals surface area contributed by atoms with Crippen LogP contribution in [0.25, 0.3) is 0 Å². The first-order valence-electron chi connectivity index (χ1n) is 8.86. The number of nitrogens with one attached hydrogen (secondary N) is 2. The molecule has 9 heteroatoms. The number of carboxylic acid groups (broad SMARTS) is 1. The van der Waals surface area contributed by atoms with E-state index in [4.69, 9.17) is 9.84 Å². The average Bonchev–Trinajstić information content (AvgIpc) is 3.15. The number of aromatic carboxylic acids is 1. The van der Waals surface area contributed by atoms with Crippen molar-refractivity contribution in [2.75, 3.05) is 10.6 Å². The molecule has 0 atom stereocenters. The highest BCUT2D eigenvalue weighted by atomic mass is 32.1. The van der Waals surface area contributed by atoms with Crippen molar-refractivity contribution in [3.63, 3.8) is 0 Å². The standard InChI is InChI=1S/C20H20N4O4S/c1-12(2)28-16-8-13(18(25)24-20-23-11-17(29-20)19(26)27)7-15(9-16)22-10-14-5-3-4-6-21-14/h3-9,11-12,22H,10H2,1-2H3,(H,26,27)(H,23,24,25). The van der Waals surface area contributed by atoms with E-state index in [2.05, 4.69) is 20.6 Å². The maximum Gasteiger partial charge on any atom is 0.347 e. The Balaban J connectivity index is 1.79. The Bertz CT molecular complexity index is 1000. The van der Waals surface area contributed by atoms with Crippen LogP contribution in [0.3, 0.4) is 0 Å². The molecule has 29 heavy (non-hydrogen) atoms. The molecule has 0 unspecified atom stereocenters. The number of carbonyl (C=O) groups is 2. The van der Waals surface area contributed by atoms with Crippen molar-refractivity contribution in [1.82, 2.24) is 9.97 Å². The third kappa shape index (κ3) is 5.76. The van der Waals surface area contributed by atoms with E-state index in [1.54, 1.807) is 18.3 Å². The molecule has 3 rings (SSSR count). The van der Waals surface area contributed by atoms with Crippen LogP contribution in [0.5, 0.6) is 5.75 Å². The van der Waals surface area contributed by atoms with Crippen LogP contribution in [0.4, 0.5) is 10.8 Å². The third-order valence-electron chi connectivity index (χ3n) is 3.68. The lowest BCUT2D eigenvalue weighted by molar-refractivity contribution is 0.0701. The number of nitrogens with zero attached hydrogens (tertiary/aromatic N) is 2. The predicted molar refractivity (Wildman–Crippen MR) is 111 cm³/mol. The molecule has 0 saturated heterocycles. The number of rotatable bonds is 8. The number of hydrogen-bond acceptors (Lipinski definition) is 7. The Morgan fingerprint density at radius 1 is 1.21 bits per heavy atom. The number of carboxylic acids is 1. The molecular weight excluding hydrogens is 392 g/mol. The van der Waals surface area contributed by atoms with Crippen molar-refractivity contribution in [2.24, 2.45) is 0 Å². The Morgan fingerprint density at radius 2 is 2.03 bits per heavy atom. The topological polar surface area (TPSA) is 113 Å². The number of carbonyl (C=O) groups excluding carboxylic acids is 1. The molecule has 2 aromatic heterocycles. The summed E-state index contributed by atoms with van der Waals surface area (Å²) in [5, 5.41) is 15.1. The summed E-state index contributed by atoms with van der Waals surface area (Å²) < 4.78 is 5.76. The minimum atomic E-state index is -1.09. The van der Waals surface area contributed by atoms with Gasteiger partial charge >= 0.3 is 5.97 Å². The van der Waals surface area contributed by atoms with Crippen molar-refractivity contribution >= 4 is 34.0 Å². The lowest BCUT2D eigenvalue weighted by Crippen LogP contribution is -2.13. The molecular formula is C20H20N4O4S. The van der Waals surface area contributed by atoms with Gasteiger partial charge in [0, 0.05) is 23.5 Å². The summed E-state index contributed by atoms with van der Waals surface area (Å²) in [4.78, 5) is 31.9. The maximum atomic E-state index is 12.7. The highest BCUT2D eigenvalue weighted by Gasteiger charge is 2.14. The maximum absolute atomic E-state index is 12.7. The Kier molecular flexibility index (Phi) is 6.40. The van der Waals surface area contributed by atoms with Gasteiger partial charge in [-0.15, -0.1) is 0 Å². The zero-order chi connectivity index (χ0) is 20.8. The molecule has 150 valence electrons. The van der Waals surface area contributed by atoms with E-state index in [0.717, 1.165) is 17.0 Å². The molecule has 0 spiro atoms. The third-order valence-corrected chi connectivity index (χ3v) is 4.58. The largest absolute Gasteiger partial charge is 0.491 e. The number of anilines is 2. The van der Waals surface area contributed by atoms with Gasteiger partial charge in [-0.05, 0) is 38.1 Å². The van der Waals surface area contributed by atoms with Gasteiger partial charge in [-0.1, -0.05) is 17.4 Å². The van der Waals surface area contributed by atoms with Gasteiger partial charge < -0.3 is 15.2 Å². The van der Waals surface area contributed by atoms with Crippen molar-refractivity contribution in [1.29, 1.82) is 0 Å². The number of thiazole rings is 1. The number of ether oxygens (including phenoxy) is 1. The van der Waals surface area contributed by atoms with Crippen LogP contribution in [0.2, 0.25) is 0 Å². The van der Waals surface area contributed by atoms with Crippen LogP contribution in [0.1, 0.15) is 39.6 Å². The van der Waals surface area contributed by atoms with Gasteiger partial charge in [0.15, 0.2) is 5.13 Å². The highest BCUT2D eigenvalue weighted by Crippen LogP contribution is 2.25. The first kappa shape index (κ1) is 20.3. The number of hydrogen-bond donors (Lipinski definition) is 3. The minimum Gasteiger partial charge on any atom is -0.491 e. The molecule has 3 aromatic rings. The summed E-state index contributed by atoms with van der Waals surface area (Å²) in [5.74, 6) is -0.954. The van der Waals surface area contributed by atoms with Gasteiger partial charge in [0.05, 0.1) is 24.5 Å². The van der Waals surface area contributed by atoms with Crippen molar-refractivity contribution in [3.05, 3.63) is 64.9 Å². The molecule has 3 N–H and O–H groups in total. The van der Waals surface area contributed by atoms with Crippen LogP contribution in [-0.2, 0) is 6.54 Å². The van der Waals surface area contributed by atoms with E-state index in [1.165, 1.54) is 6.20 Å². The van der Waals surface area contributed by atoms with Crippen LogP contribution in [0.15, 0.2) is 48.8 Å². The van der Waals surface area contributed by atoms with E-state index in [-0.39, 0.29) is 16.1 Å². The quantitative estimate of drug-likeness (QED) is 0.514. The fraction of sp³-hybridized carbons (Fsp3) is 0.200. The van der Waals surface area contributed by atoms with Crippen LogP contribution >= 0.6 is 11.3 Å². The molecule has 0 aliphatic rings. The van der Waals surface area contributed by atoms with Gasteiger partial charge in [0.2, 0.25) is 0 Å². The van der Waals surface area contributed by atoms with Crippen molar-refractivity contribution < 1.29 is 19.4 Å². The number of aromatic nitrogens is 2. The fourth-order valence-corrected chi connectivity index (χ4v) is 3.12. The van der Waals surface area contributed by atoms with Gasteiger partial charge in [-0.3, -0.25) is 15.1 Å². The summed E-state index contributed by atoms with van der Waals surface area (Å²) >= 11 is 0.893. The first-order valence-corrected chi connectivity index (χ1v) is 9.68. The van der Waals surface area contributed by atoms with Crippen LogP contribution in [-0.4, -0.2) is 33.1 Å². The zero-order valence-corrected chi connectivity index (χ0v) is 16.7. The Hall–Kier alpha value is -3.46. The normalized spacial score (nSPS) is 10.6. The minimum absolute atomic E-state index is 0.0508. The van der Waals surface area contributed by atoms with E-state index in [0.29, 0.717) is 23.5 Å². The van der Waals surface area contributed by atoms with Gasteiger partial charge in [0.1, 0.15) is 10.6 Å². The lowest BCUT2D eigenvalue weighted by atomic mass is 10.1. The van der Waals surface area contributed by atoms with Crippen molar-refractivity contribution in [3.8, 4) is 5.75 Å². The number of benzene rings is 1. The summed E-state index contributed by atoms with van der Waals surface area (Å²) in [6, 6.07) is 10.8. The second-order valence-corrected chi connectivity index (χ2v) is 7.41. The van der Waals surface area contributed by atoms with Crippen LogP contribution in [0, 0.1) is 0 Å². The molecule has 0 aliphatic carbocycles.